The molecule has 4 nitrogen and oxygen atoms in total. The van der Waals surface area contributed by atoms with Gasteiger partial charge in [-0.05, 0) is 0 Å². The van der Waals surface area contributed by atoms with Gasteiger partial charge in [-0.15, -0.1) is 11.6 Å². The van der Waals surface area contributed by atoms with Gasteiger partial charge in [0, 0.05) is 0 Å². The van der Waals surface area contributed by atoms with Gasteiger partial charge in [-0.2, -0.15) is 4.98 Å². The molecule has 0 amide bonds. The summed E-state index contributed by atoms with van der Waals surface area (Å²) in [5.41, 5.74) is 0.592. The van der Waals surface area contributed by atoms with Gasteiger partial charge < -0.3 is 9.47 Å². The van der Waals surface area contributed by atoms with E-state index in [9.17, 15) is 0 Å². The van der Waals surface area contributed by atoms with Crippen LogP contribution in [-0.2, 0) is 0 Å². The molecule has 0 unspecified atom stereocenters. The molecule has 14 heavy (non-hydrogen) atoms. The number of hydrogen-bond donors (Lipinski definition) is 0. The molecule has 0 saturated carbocycles. The smallest absolute Gasteiger partial charge is 0.319 e. The lowest BCUT2D eigenvalue weighted by Gasteiger charge is -2.02. The highest BCUT2D eigenvalue weighted by Crippen LogP contribution is 2.15. The standard InChI is InChI=1S/C9H9ClN2O2/c1-13-8-7(4-3-5-10)6-11-9(12-8)14-2/h6H,5H2,1-2H3. The van der Waals surface area contributed by atoms with Crippen molar-refractivity contribution in [3.8, 4) is 23.7 Å². The molecular formula is C9H9ClN2O2. The van der Waals surface area contributed by atoms with E-state index in [1.54, 1.807) is 0 Å². The molecule has 0 bridgehead atoms. The average Bonchev–Trinajstić information content (AvgIpc) is 2.26. The first kappa shape index (κ1) is 10.6. The van der Waals surface area contributed by atoms with Gasteiger partial charge in [0.2, 0.25) is 5.88 Å². The first-order valence-electron chi connectivity index (χ1n) is 3.81. The Morgan fingerprint density at radius 3 is 2.79 bits per heavy atom. The van der Waals surface area contributed by atoms with E-state index < -0.39 is 0 Å². The first-order valence-corrected chi connectivity index (χ1v) is 4.35. The summed E-state index contributed by atoms with van der Waals surface area (Å²) in [4.78, 5) is 7.86. The zero-order valence-electron chi connectivity index (χ0n) is 7.87. The molecule has 1 aromatic heterocycles. The average molecular weight is 213 g/mol. The monoisotopic (exact) mass is 212 g/mol. The molecule has 0 atom stereocenters. The molecule has 5 heteroatoms. The summed E-state index contributed by atoms with van der Waals surface area (Å²) in [6.45, 7) is 0. The summed E-state index contributed by atoms with van der Waals surface area (Å²) in [5.74, 6) is 6.11. The predicted molar refractivity (Wildman–Crippen MR) is 52.7 cm³/mol. The Balaban J connectivity index is 3.05. The second-order valence-electron chi connectivity index (χ2n) is 2.22. The fourth-order valence-corrected chi connectivity index (χ4v) is 0.886. The Hall–Kier alpha value is -1.47. The summed E-state index contributed by atoms with van der Waals surface area (Å²) in [5, 5.41) is 0. The molecular weight excluding hydrogens is 204 g/mol. The van der Waals surface area contributed by atoms with E-state index in [4.69, 9.17) is 21.1 Å². The van der Waals surface area contributed by atoms with E-state index in [-0.39, 0.29) is 11.9 Å². The number of nitrogens with zero attached hydrogens (tertiary/aromatic N) is 2. The highest BCUT2D eigenvalue weighted by molar-refractivity contribution is 6.19. The second-order valence-corrected chi connectivity index (χ2v) is 2.48. The Morgan fingerprint density at radius 2 is 2.21 bits per heavy atom. The van der Waals surface area contributed by atoms with Crippen molar-refractivity contribution in [2.75, 3.05) is 20.1 Å². The number of aromatic nitrogens is 2. The zero-order valence-corrected chi connectivity index (χ0v) is 8.63. The van der Waals surface area contributed by atoms with Crippen molar-refractivity contribution in [3.05, 3.63) is 11.8 Å². The minimum absolute atomic E-state index is 0.248. The van der Waals surface area contributed by atoms with Crippen LogP contribution in [0, 0.1) is 11.8 Å². The summed E-state index contributed by atoms with van der Waals surface area (Å²) in [7, 11) is 2.99. The van der Waals surface area contributed by atoms with Crippen molar-refractivity contribution in [3.63, 3.8) is 0 Å². The Morgan fingerprint density at radius 1 is 1.43 bits per heavy atom. The third-order valence-electron chi connectivity index (χ3n) is 1.40. The topological polar surface area (TPSA) is 44.2 Å². The minimum Gasteiger partial charge on any atom is -0.480 e. The van der Waals surface area contributed by atoms with Crippen LogP contribution in [0.25, 0.3) is 0 Å². The van der Waals surface area contributed by atoms with Crippen LogP contribution in [0.4, 0.5) is 0 Å². The number of methoxy groups -OCH3 is 2. The number of alkyl halides is 1. The maximum atomic E-state index is 5.43. The van der Waals surface area contributed by atoms with Crippen LogP contribution in [0.3, 0.4) is 0 Å². The summed E-state index contributed by atoms with van der Waals surface area (Å²) in [6, 6.07) is 0.248. The molecule has 0 aliphatic rings. The molecule has 0 aliphatic heterocycles. The number of ether oxygens (including phenoxy) is 2. The number of halogens is 1. The van der Waals surface area contributed by atoms with Crippen molar-refractivity contribution in [2.45, 2.75) is 0 Å². The van der Waals surface area contributed by atoms with Crippen LogP contribution in [0.2, 0.25) is 0 Å². The largest absolute Gasteiger partial charge is 0.480 e. The number of hydrogen-bond acceptors (Lipinski definition) is 4. The van der Waals surface area contributed by atoms with Gasteiger partial charge in [0.05, 0.1) is 26.3 Å². The van der Waals surface area contributed by atoms with Crippen molar-refractivity contribution in [1.82, 2.24) is 9.97 Å². The maximum absolute atomic E-state index is 5.43. The highest BCUT2D eigenvalue weighted by Gasteiger charge is 2.04. The summed E-state index contributed by atoms with van der Waals surface area (Å²) in [6.07, 6.45) is 1.53. The van der Waals surface area contributed by atoms with E-state index in [1.165, 1.54) is 20.4 Å². The minimum atomic E-state index is 0.248. The van der Waals surface area contributed by atoms with Gasteiger partial charge in [0.25, 0.3) is 0 Å². The van der Waals surface area contributed by atoms with E-state index in [0.717, 1.165) is 0 Å². The van der Waals surface area contributed by atoms with E-state index in [2.05, 4.69) is 21.8 Å². The van der Waals surface area contributed by atoms with Crippen LogP contribution < -0.4 is 9.47 Å². The van der Waals surface area contributed by atoms with Crippen molar-refractivity contribution >= 4 is 11.6 Å². The molecule has 0 radical (unpaired) electrons. The number of rotatable bonds is 2. The molecule has 0 aliphatic carbocycles. The molecule has 0 aromatic carbocycles. The van der Waals surface area contributed by atoms with E-state index in [0.29, 0.717) is 11.4 Å². The molecule has 1 rings (SSSR count). The molecule has 0 spiro atoms. The van der Waals surface area contributed by atoms with Crippen LogP contribution in [-0.4, -0.2) is 30.1 Å². The van der Waals surface area contributed by atoms with Gasteiger partial charge in [-0.1, -0.05) is 11.8 Å². The summed E-state index contributed by atoms with van der Waals surface area (Å²) >= 11 is 5.43. The van der Waals surface area contributed by atoms with Gasteiger partial charge in [0.15, 0.2) is 0 Å². The van der Waals surface area contributed by atoms with Crippen molar-refractivity contribution < 1.29 is 9.47 Å². The fourth-order valence-electron chi connectivity index (χ4n) is 0.819. The van der Waals surface area contributed by atoms with Crippen molar-refractivity contribution in [1.29, 1.82) is 0 Å². The Kier molecular flexibility index (Phi) is 4.02. The maximum Gasteiger partial charge on any atom is 0.319 e. The lowest BCUT2D eigenvalue weighted by molar-refractivity contribution is 0.351. The fraction of sp³-hybridized carbons (Fsp3) is 0.333. The lowest BCUT2D eigenvalue weighted by atomic mass is 10.3. The first-order chi connectivity index (χ1) is 6.81. The lowest BCUT2D eigenvalue weighted by Crippen LogP contribution is -1.97. The van der Waals surface area contributed by atoms with Crippen LogP contribution in [0.15, 0.2) is 6.20 Å². The predicted octanol–water partition coefficient (Wildman–Crippen LogP) is 1.08. The normalized spacial score (nSPS) is 8.79. The van der Waals surface area contributed by atoms with E-state index >= 15 is 0 Å². The zero-order chi connectivity index (χ0) is 10.4. The molecule has 1 aromatic rings. The van der Waals surface area contributed by atoms with Gasteiger partial charge in [0.1, 0.15) is 5.56 Å². The Labute approximate surface area is 87.2 Å². The summed E-state index contributed by atoms with van der Waals surface area (Å²) < 4.78 is 9.85. The molecule has 74 valence electrons. The van der Waals surface area contributed by atoms with Crippen LogP contribution in [0.1, 0.15) is 5.56 Å². The molecule has 0 N–H and O–H groups in total. The molecule has 1 heterocycles. The second kappa shape index (κ2) is 5.30. The van der Waals surface area contributed by atoms with Gasteiger partial charge >= 0.3 is 6.01 Å². The Bertz CT molecular complexity index is 371. The van der Waals surface area contributed by atoms with Gasteiger partial charge in [-0.3, -0.25) is 0 Å². The van der Waals surface area contributed by atoms with Crippen molar-refractivity contribution in [2.24, 2.45) is 0 Å². The third kappa shape index (κ3) is 2.51. The SMILES string of the molecule is COc1ncc(C#CCCl)c(OC)n1. The van der Waals surface area contributed by atoms with Crippen LogP contribution >= 0.6 is 11.6 Å². The van der Waals surface area contributed by atoms with E-state index in [1.807, 2.05) is 0 Å². The molecule has 0 saturated heterocycles. The molecule has 0 fully saturated rings. The van der Waals surface area contributed by atoms with Crippen LogP contribution in [0.5, 0.6) is 11.9 Å². The highest BCUT2D eigenvalue weighted by atomic mass is 35.5. The van der Waals surface area contributed by atoms with Gasteiger partial charge in [-0.25, -0.2) is 4.98 Å². The quantitative estimate of drug-likeness (QED) is 0.544. The third-order valence-corrected chi connectivity index (χ3v) is 1.53.